The van der Waals surface area contributed by atoms with Crippen LogP contribution in [0.25, 0.3) is 12.2 Å². The van der Waals surface area contributed by atoms with Crippen molar-refractivity contribution >= 4 is 23.6 Å². The summed E-state index contributed by atoms with van der Waals surface area (Å²) in [5.41, 5.74) is 1.65. The number of alkyl halides is 3. The van der Waals surface area contributed by atoms with E-state index in [2.05, 4.69) is 10.1 Å². The predicted molar refractivity (Wildman–Crippen MR) is 140 cm³/mol. The molecular weight excluding hydrogens is 519 g/mol. The van der Waals surface area contributed by atoms with E-state index in [1.165, 1.54) is 52.8 Å². The molecule has 0 unspecified atom stereocenters. The lowest BCUT2D eigenvalue weighted by Gasteiger charge is -2.13. The molecule has 0 aliphatic carbocycles. The van der Waals surface area contributed by atoms with E-state index in [9.17, 15) is 23.1 Å². The summed E-state index contributed by atoms with van der Waals surface area (Å²) in [6, 6.07) is 11.3. The largest absolute Gasteiger partial charge is 0.573 e. The minimum Gasteiger partial charge on any atom is -0.503 e. The number of methoxy groups -OCH3 is 4. The maximum Gasteiger partial charge on any atom is 0.573 e. The lowest BCUT2D eigenvalue weighted by molar-refractivity contribution is -0.274. The number of carbonyl (C=O) groups excluding carboxylic acids is 1. The van der Waals surface area contributed by atoms with Crippen LogP contribution in [0.4, 0.5) is 18.9 Å². The van der Waals surface area contributed by atoms with Gasteiger partial charge in [-0.2, -0.15) is 0 Å². The van der Waals surface area contributed by atoms with Crippen LogP contribution in [0.1, 0.15) is 21.5 Å². The van der Waals surface area contributed by atoms with E-state index in [-0.39, 0.29) is 22.7 Å². The van der Waals surface area contributed by atoms with E-state index in [1.54, 1.807) is 36.4 Å². The maximum absolute atomic E-state index is 12.5. The number of phenolic OH excluding ortho intramolecular Hbond substituents is 1. The Balaban J connectivity index is 1.84. The molecule has 0 atom stereocenters. The van der Waals surface area contributed by atoms with Crippen LogP contribution in [-0.2, 0) is 0 Å². The molecule has 0 aliphatic heterocycles. The Morgan fingerprint density at radius 1 is 0.846 bits per heavy atom. The molecule has 0 fully saturated rings. The standard InChI is InChI=1S/C28H26F3NO7/c1-35-22-12-9-19(6-5-17-15-23(36-2)27(38-4)24(16-17)37-3)25(26(22)34)32-14-13-21(33)18-7-10-20(11-8-18)39-28(29,30)31/h5-16,32,34H,1-4H3/b6-5-,14-13-. The highest BCUT2D eigenvalue weighted by molar-refractivity contribution is 6.04. The average Bonchev–Trinajstić information content (AvgIpc) is 2.91. The Morgan fingerprint density at radius 2 is 1.46 bits per heavy atom. The number of aromatic hydroxyl groups is 1. The van der Waals surface area contributed by atoms with Gasteiger partial charge in [0.25, 0.3) is 0 Å². The van der Waals surface area contributed by atoms with E-state index in [0.717, 1.165) is 17.7 Å². The molecule has 0 saturated heterocycles. The first kappa shape index (κ1) is 28.8. The minimum absolute atomic E-state index is 0.139. The normalized spacial score (nSPS) is 11.5. The van der Waals surface area contributed by atoms with Crippen LogP contribution in [0, 0.1) is 0 Å². The summed E-state index contributed by atoms with van der Waals surface area (Å²) >= 11 is 0. The number of ketones is 1. The van der Waals surface area contributed by atoms with Gasteiger partial charge in [-0.3, -0.25) is 4.79 Å². The summed E-state index contributed by atoms with van der Waals surface area (Å²) in [4.78, 5) is 12.5. The van der Waals surface area contributed by atoms with Crippen molar-refractivity contribution in [3.05, 3.63) is 77.5 Å². The third-order valence-corrected chi connectivity index (χ3v) is 5.37. The van der Waals surface area contributed by atoms with Crippen molar-refractivity contribution in [3.8, 4) is 34.5 Å². The Labute approximate surface area is 222 Å². The van der Waals surface area contributed by atoms with Gasteiger partial charge in [0.2, 0.25) is 5.75 Å². The molecule has 206 valence electrons. The monoisotopic (exact) mass is 545 g/mol. The molecule has 11 heteroatoms. The van der Waals surface area contributed by atoms with Crippen molar-refractivity contribution in [1.29, 1.82) is 0 Å². The molecule has 39 heavy (non-hydrogen) atoms. The summed E-state index contributed by atoms with van der Waals surface area (Å²) in [5, 5.41) is 13.6. The van der Waals surface area contributed by atoms with Crippen LogP contribution >= 0.6 is 0 Å². The third-order valence-electron chi connectivity index (χ3n) is 5.37. The fourth-order valence-corrected chi connectivity index (χ4v) is 3.54. The molecule has 3 aromatic rings. The average molecular weight is 546 g/mol. The summed E-state index contributed by atoms with van der Waals surface area (Å²) in [5.74, 6) is 0.444. The molecule has 0 aromatic heterocycles. The zero-order valence-corrected chi connectivity index (χ0v) is 21.5. The number of hydrogen-bond donors (Lipinski definition) is 2. The molecule has 0 radical (unpaired) electrons. The summed E-state index contributed by atoms with van der Waals surface area (Å²) < 4.78 is 62.1. The van der Waals surface area contributed by atoms with Gasteiger partial charge in [0, 0.05) is 23.4 Å². The summed E-state index contributed by atoms with van der Waals surface area (Å²) in [7, 11) is 5.92. The fourth-order valence-electron chi connectivity index (χ4n) is 3.54. The lowest BCUT2D eigenvalue weighted by atomic mass is 10.1. The second-order valence-electron chi connectivity index (χ2n) is 7.79. The number of rotatable bonds is 11. The Bertz CT molecular complexity index is 1340. The van der Waals surface area contributed by atoms with Gasteiger partial charge in [0.05, 0.1) is 34.1 Å². The van der Waals surface area contributed by atoms with E-state index in [0.29, 0.717) is 22.8 Å². The highest BCUT2D eigenvalue weighted by atomic mass is 19.4. The topological polar surface area (TPSA) is 95.5 Å². The molecular formula is C28H26F3NO7. The molecule has 0 aliphatic rings. The van der Waals surface area contributed by atoms with Crippen LogP contribution in [-0.4, -0.2) is 45.7 Å². The quantitative estimate of drug-likeness (QED) is 0.125. The predicted octanol–water partition coefficient (Wildman–Crippen LogP) is 6.30. The number of hydrogen-bond acceptors (Lipinski definition) is 8. The molecule has 0 heterocycles. The molecule has 0 saturated carbocycles. The molecule has 0 spiro atoms. The number of allylic oxidation sites excluding steroid dienone is 1. The first-order valence-corrected chi connectivity index (χ1v) is 11.3. The summed E-state index contributed by atoms with van der Waals surface area (Å²) in [6.07, 6.45) is 1.12. The fraction of sp³-hybridized carbons (Fsp3) is 0.179. The number of anilines is 1. The highest BCUT2D eigenvalue weighted by Crippen LogP contribution is 2.40. The van der Waals surface area contributed by atoms with E-state index in [1.807, 2.05) is 0 Å². The van der Waals surface area contributed by atoms with Gasteiger partial charge in [0.15, 0.2) is 28.8 Å². The van der Waals surface area contributed by atoms with Gasteiger partial charge in [0.1, 0.15) is 5.75 Å². The molecule has 8 nitrogen and oxygen atoms in total. The number of benzene rings is 3. The number of halogens is 3. The van der Waals surface area contributed by atoms with Crippen LogP contribution in [0.2, 0.25) is 0 Å². The molecule has 3 rings (SSSR count). The Hall–Kier alpha value is -4.80. The van der Waals surface area contributed by atoms with Crippen molar-refractivity contribution in [2.24, 2.45) is 0 Å². The first-order chi connectivity index (χ1) is 18.6. The lowest BCUT2D eigenvalue weighted by Crippen LogP contribution is -2.17. The van der Waals surface area contributed by atoms with E-state index < -0.39 is 17.9 Å². The third kappa shape index (κ3) is 7.37. The smallest absolute Gasteiger partial charge is 0.503 e. The minimum atomic E-state index is -4.83. The van der Waals surface area contributed by atoms with Crippen LogP contribution < -0.4 is 29.0 Å². The van der Waals surface area contributed by atoms with Crippen LogP contribution in [0.3, 0.4) is 0 Å². The number of nitrogens with one attached hydrogen (secondary N) is 1. The van der Waals surface area contributed by atoms with Crippen LogP contribution in [0.15, 0.2) is 60.8 Å². The molecule has 3 aromatic carbocycles. The van der Waals surface area contributed by atoms with Gasteiger partial charge in [-0.15, -0.1) is 13.2 Å². The van der Waals surface area contributed by atoms with Gasteiger partial charge in [-0.25, -0.2) is 0 Å². The number of carbonyl (C=O) groups is 1. The first-order valence-electron chi connectivity index (χ1n) is 11.3. The SMILES string of the molecule is COc1ccc(/C=C\c2cc(OC)c(OC)c(OC)c2)c(N/C=C\C(=O)c2ccc(OC(F)(F)F)cc2)c1O. The van der Waals surface area contributed by atoms with Crippen molar-refractivity contribution in [2.75, 3.05) is 33.8 Å². The van der Waals surface area contributed by atoms with Gasteiger partial charge in [-0.05, 0) is 54.1 Å². The molecule has 0 amide bonds. The van der Waals surface area contributed by atoms with Crippen molar-refractivity contribution in [1.82, 2.24) is 0 Å². The van der Waals surface area contributed by atoms with E-state index in [4.69, 9.17) is 18.9 Å². The zero-order valence-electron chi connectivity index (χ0n) is 21.5. The molecule has 2 N–H and O–H groups in total. The maximum atomic E-state index is 12.5. The number of ether oxygens (including phenoxy) is 5. The summed E-state index contributed by atoms with van der Waals surface area (Å²) in [6.45, 7) is 0. The number of phenols is 1. The van der Waals surface area contributed by atoms with E-state index >= 15 is 0 Å². The molecule has 0 bridgehead atoms. The van der Waals surface area contributed by atoms with Gasteiger partial charge < -0.3 is 34.1 Å². The highest BCUT2D eigenvalue weighted by Gasteiger charge is 2.31. The Morgan fingerprint density at radius 3 is 2.00 bits per heavy atom. The van der Waals surface area contributed by atoms with Crippen molar-refractivity contribution < 1.29 is 46.8 Å². The second-order valence-corrected chi connectivity index (χ2v) is 7.79. The second kappa shape index (κ2) is 12.6. The zero-order chi connectivity index (χ0) is 28.6. The van der Waals surface area contributed by atoms with Crippen molar-refractivity contribution in [2.45, 2.75) is 6.36 Å². The Kier molecular flexibility index (Phi) is 9.32. The van der Waals surface area contributed by atoms with Gasteiger partial charge >= 0.3 is 6.36 Å². The van der Waals surface area contributed by atoms with Crippen LogP contribution in [0.5, 0.6) is 34.5 Å². The van der Waals surface area contributed by atoms with Gasteiger partial charge in [-0.1, -0.05) is 12.2 Å². The van der Waals surface area contributed by atoms with Crippen molar-refractivity contribution in [3.63, 3.8) is 0 Å².